The first-order chi connectivity index (χ1) is 11.7. The summed E-state index contributed by atoms with van der Waals surface area (Å²) in [7, 11) is 0. The molecule has 0 atom stereocenters. The van der Waals surface area contributed by atoms with Crippen molar-refractivity contribution in [2.24, 2.45) is 0 Å². The Morgan fingerprint density at radius 3 is 1.16 bits per heavy atom. The number of phenolic OH excluding ortho intramolecular Hbond substituents is 2. The molecule has 0 amide bonds. The number of hydrogen-bond donors (Lipinski definition) is 2. The summed E-state index contributed by atoms with van der Waals surface area (Å²) in [6.45, 7) is 15.9. The fourth-order valence-electron chi connectivity index (χ4n) is 3.61. The fourth-order valence-corrected chi connectivity index (χ4v) is 3.61. The van der Waals surface area contributed by atoms with Gasteiger partial charge in [-0.05, 0) is 87.8 Å². The van der Waals surface area contributed by atoms with Crippen LogP contribution in [-0.2, 0) is 12.8 Å². The van der Waals surface area contributed by atoms with E-state index in [1.165, 1.54) is 0 Å². The minimum Gasteiger partial charge on any atom is -0.507 e. The van der Waals surface area contributed by atoms with Crippen LogP contribution in [0.3, 0.4) is 0 Å². The maximum absolute atomic E-state index is 10.4. The molecular formula is C22H30O3. The predicted octanol–water partition coefficient (Wildman–Crippen LogP) is 5.87. The Kier molecular flexibility index (Phi) is 5.36. The standard InChI is InChI=1S/C22H30O3/c1-9-17-15(7)21(13(5)11(3)19(17)23)25-22-14(6)12(4)20(24)18(10-2)16(22)8/h23-24H,9-10H2,1-8H3. The summed E-state index contributed by atoms with van der Waals surface area (Å²) in [5, 5.41) is 20.9. The lowest BCUT2D eigenvalue weighted by Crippen LogP contribution is -2.04. The maximum atomic E-state index is 10.4. The molecule has 0 radical (unpaired) electrons. The molecule has 0 aromatic heterocycles. The van der Waals surface area contributed by atoms with Crippen molar-refractivity contribution in [1.82, 2.24) is 0 Å². The molecule has 2 rings (SSSR count). The van der Waals surface area contributed by atoms with Crippen molar-refractivity contribution in [2.45, 2.75) is 68.2 Å². The van der Waals surface area contributed by atoms with Gasteiger partial charge in [-0.1, -0.05) is 13.8 Å². The fraction of sp³-hybridized carbons (Fsp3) is 0.455. The van der Waals surface area contributed by atoms with Crippen LogP contribution in [0.25, 0.3) is 0 Å². The molecule has 0 saturated heterocycles. The topological polar surface area (TPSA) is 49.7 Å². The van der Waals surface area contributed by atoms with Crippen molar-refractivity contribution in [1.29, 1.82) is 0 Å². The number of aromatic hydroxyl groups is 2. The SMILES string of the molecule is CCc1c(C)c(Oc2c(C)c(C)c(O)c(CC)c2C)c(C)c(C)c1O. The monoisotopic (exact) mass is 342 g/mol. The molecule has 0 saturated carbocycles. The van der Waals surface area contributed by atoms with Gasteiger partial charge in [0.1, 0.15) is 23.0 Å². The average Bonchev–Trinajstić information content (AvgIpc) is 2.58. The molecule has 25 heavy (non-hydrogen) atoms. The zero-order valence-corrected chi connectivity index (χ0v) is 16.7. The first-order valence-electron chi connectivity index (χ1n) is 8.98. The van der Waals surface area contributed by atoms with Crippen molar-refractivity contribution < 1.29 is 14.9 Å². The Labute approximate surface area is 151 Å². The first kappa shape index (κ1) is 19.2. The zero-order chi connectivity index (χ0) is 19.0. The van der Waals surface area contributed by atoms with Gasteiger partial charge < -0.3 is 14.9 Å². The normalized spacial score (nSPS) is 11.0. The van der Waals surface area contributed by atoms with Crippen molar-refractivity contribution in [3.8, 4) is 23.0 Å². The lowest BCUT2D eigenvalue weighted by molar-refractivity contribution is 0.438. The number of hydrogen-bond acceptors (Lipinski definition) is 3. The largest absolute Gasteiger partial charge is 0.507 e. The molecule has 0 aliphatic carbocycles. The molecule has 0 aliphatic heterocycles. The van der Waals surface area contributed by atoms with Crippen molar-refractivity contribution >= 4 is 0 Å². The van der Waals surface area contributed by atoms with Gasteiger partial charge in [-0.25, -0.2) is 0 Å². The van der Waals surface area contributed by atoms with Gasteiger partial charge in [0.05, 0.1) is 0 Å². The summed E-state index contributed by atoms with van der Waals surface area (Å²) in [4.78, 5) is 0. The minimum atomic E-state index is 0.370. The van der Waals surface area contributed by atoms with Crippen LogP contribution in [-0.4, -0.2) is 10.2 Å². The highest BCUT2D eigenvalue weighted by molar-refractivity contribution is 5.62. The molecule has 136 valence electrons. The second kappa shape index (κ2) is 6.99. The Hall–Kier alpha value is -2.16. The molecule has 2 aromatic carbocycles. The summed E-state index contributed by atoms with van der Waals surface area (Å²) in [5.74, 6) is 2.36. The van der Waals surface area contributed by atoms with Gasteiger partial charge in [-0.2, -0.15) is 0 Å². The van der Waals surface area contributed by atoms with Crippen LogP contribution >= 0.6 is 0 Å². The molecule has 0 unspecified atom stereocenters. The summed E-state index contributed by atoms with van der Waals surface area (Å²) in [6, 6.07) is 0. The van der Waals surface area contributed by atoms with Gasteiger partial charge >= 0.3 is 0 Å². The van der Waals surface area contributed by atoms with Gasteiger partial charge in [-0.3, -0.25) is 0 Å². The van der Waals surface area contributed by atoms with E-state index in [1.807, 2.05) is 55.4 Å². The van der Waals surface area contributed by atoms with Gasteiger partial charge in [0.2, 0.25) is 0 Å². The summed E-state index contributed by atoms with van der Waals surface area (Å²) in [5.41, 5.74) is 7.44. The molecular weight excluding hydrogens is 312 g/mol. The molecule has 0 bridgehead atoms. The second-order valence-electron chi connectivity index (χ2n) is 6.87. The number of rotatable bonds is 4. The molecule has 2 N–H and O–H groups in total. The van der Waals surface area contributed by atoms with Gasteiger partial charge in [0.25, 0.3) is 0 Å². The van der Waals surface area contributed by atoms with E-state index >= 15 is 0 Å². The van der Waals surface area contributed by atoms with Gasteiger partial charge in [0, 0.05) is 11.1 Å². The van der Waals surface area contributed by atoms with E-state index in [-0.39, 0.29) is 0 Å². The summed E-state index contributed by atoms with van der Waals surface area (Å²) >= 11 is 0. The van der Waals surface area contributed by atoms with Gasteiger partial charge in [-0.15, -0.1) is 0 Å². The Morgan fingerprint density at radius 1 is 0.560 bits per heavy atom. The molecule has 3 nitrogen and oxygen atoms in total. The summed E-state index contributed by atoms with van der Waals surface area (Å²) < 4.78 is 6.44. The molecule has 0 fully saturated rings. The third-order valence-electron chi connectivity index (χ3n) is 5.59. The molecule has 2 aromatic rings. The third kappa shape index (κ3) is 2.97. The van der Waals surface area contributed by atoms with Crippen LogP contribution < -0.4 is 4.74 Å². The van der Waals surface area contributed by atoms with Crippen LogP contribution in [0.2, 0.25) is 0 Å². The molecule has 3 heteroatoms. The lowest BCUT2D eigenvalue weighted by atomic mass is 9.94. The Bertz CT molecular complexity index is 763. The minimum absolute atomic E-state index is 0.370. The molecule has 0 aliphatic rings. The van der Waals surface area contributed by atoms with E-state index < -0.39 is 0 Å². The van der Waals surface area contributed by atoms with Crippen LogP contribution in [0.4, 0.5) is 0 Å². The van der Waals surface area contributed by atoms with Crippen LogP contribution in [0.5, 0.6) is 23.0 Å². The number of benzene rings is 2. The van der Waals surface area contributed by atoms with Crippen LogP contribution in [0, 0.1) is 41.5 Å². The predicted molar refractivity (Wildman–Crippen MR) is 103 cm³/mol. The summed E-state index contributed by atoms with van der Waals surface area (Å²) in [6.07, 6.45) is 1.50. The highest BCUT2D eigenvalue weighted by Crippen LogP contribution is 2.43. The molecule has 0 spiro atoms. The van der Waals surface area contributed by atoms with E-state index in [2.05, 4.69) is 0 Å². The van der Waals surface area contributed by atoms with Crippen LogP contribution in [0.15, 0.2) is 0 Å². The third-order valence-corrected chi connectivity index (χ3v) is 5.59. The highest BCUT2D eigenvalue weighted by atomic mass is 16.5. The zero-order valence-electron chi connectivity index (χ0n) is 16.7. The average molecular weight is 342 g/mol. The van der Waals surface area contributed by atoms with Gasteiger partial charge in [0.15, 0.2) is 0 Å². The Balaban J connectivity index is 2.74. The first-order valence-corrected chi connectivity index (χ1v) is 8.98. The van der Waals surface area contributed by atoms with E-state index in [1.54, 1.807) is 0 Å². The van der Waals surface area contributed by atoms with Crippen molar-refractivity contribution in [2.75, 3.05) is 0 Å². The second-order valence-corrected chi connectivity index (χ2v) is 6.87. The lowest BCUT2D eigenvalue weighted by Gasteiger charge is -2.23. The van der Waals surface area contributed by atoms with E-state index in [0.717, 1.165) is 68.8 Å². The van der Waals surface area contributed by atoms with Crippen molar-refractivity contribution in [3.63, 3.8) is 0 Å². The quantitative estimate of drug-likeness (QED) is 0.731. The smallest absolute Gasteiger partial charge is 0.134 e. The van der Waals surface area contributed by atoms with Crippen LogP contribution in [0.1, 0.15) is 58.4 Å². The molecule has 0 heterocycles. The Morgan fingerprint density at radius 2 is 0.880 bits per heavy atom. The van der Waals surface area contributed by atoms with Crippen molar-refractivity contribution in [3.05, 3.63) is 44.5 Å². The maximum Gasteiger partial charge on any atom is 0.134 e. The van der Waals surface area contributed by atoms with E-state index in [4.69, 9.17) is 4.74 Å². The number of ether oxygens (including phenoxy) is 1. The van der Waals surface area contributed by atoms with E-state index in [9.17, 15) is 10.2 Å². The highest BCUT2D eigenvalue weighted by Gasteiger charge is 2.21. The number of phenols is 2. The van der Waals surface area contributed by atoms with E-state index in [0.29, 0.717) is 11.5 Å².